The first-order chi connectivity index (χ1) is 17.0. The molecule has 1 N–H and O–H groups in total. The largest absolute Gasteiger partial charge is 0.497 e. The maximum absolute atomic E-state index is 12.9. The lowest BCUT2D eigenvalue weighted by atomic mass is 10.1. The molecule has 188 valence electrons. The molecule has 1 heterocycles. The Morgan fingerprint density at radius 1 is 1.00 bits per heavy atom. The zero-order chi connectivity index (χ0) is 25.2. The minimum Gasteiger partial charge on any atom is -0.497 e. The van der Waals surface area contributed by atoms with Gasteiger partial charge in [0.1, 0.15) is 30.8 Å². The molecule has 3 rings (SSSR count). The number of fused-ring (bicyclic) bond motifs is 1. The van der Waals surface area contributed by atoms with Crippen LogP contribution in [0.3, 0.4) is 0 Å². The molecule has 1 aliphatic rings. The van der Waals surface area contributed by atoms with Crippen molar-refractivity contribution in [2.24, 2.45) is 0 Å². The van der Waals surface area contributed by atoms with E-state index in [1.807, 2.05) is 17.0 Å². The second-order valence-electron chi connectivity index (χ2n) is 8.09. The van der Waals surface area contributed by atoms with Gasteiger partial charge in [-0.3, -0.25) is 4.79 Å². The van der Waals surface area contributed by atoms with Crippen molar-refractivity contribution in [2.45, 2.75) is 19.1 Å². The molecule has 1 aliphatic heterocycles. The summed E-state index contributed by atoms with van der Waals surface area (Å²) in [6, 6.07) is 11.0. The van der Waals surface area contributed by atoms with E-state index in [4.69, 9.17) is 18.9 Å². The summed E-state index contributed by atoms with van der Waals surface area (Å²) in [6.45, 7) is 9.39. The topological polar surface area (TPSA) is 80.7 Å². The minimum atomic E-state index is -0.789. The van der Waals surface area contributed by atoms with Crippen LogP contribution in [0, 0.1) is 0 Å². The normalized spacial score (nSPS) is 14.3. The number of anilines is 1. The number of β-amino-alcohol motifs (C(OH)–C–C–N with tert-alkyl or cyclic N) is 1. The average Bonchev–Trinajstić information content (AvgIpc) is 2.87. The van der Waals surface area contributed by atoms with Gasteiger partial charge >= 0.3 is 0 Å². The second-order valence-corrected chi connectivity index (χ2v) is 8.09. The van der Waals surface area contributed by atoms with Gasteiger partial charge in [-0.1, -0.05) is 18.7 Å². The number of rotatable bonds is 12. The molecule has 0 aliphatic carbocycles. The third kappa shape index (κ3) is 6.70. The molecule has 0 aromatic heterocycles. The van der Waals surface area contributed by atoms with Gasteiger partial charge in [-0.25, -0.2) is 0 Å². The number of hydrogen-bond acceptors (Lipinski definition) is 7. The summed E-state index contributed by atoms with van der Waals surface area (Å²) >= 11 is 0. The Labute approximate surface area is 207 Å². The summed E-state index contributed by atoms with van der Waals surface area (Å²) in [6.07, 6.45) is 2.89. The van der Waals surface area contributed by atoms with Crippen LogP contribution in [0.5, 0.6) is 23.0 Å². The Balaban J connectivity index is 1.85. The van der Waals surface area contributed by atoms with Crippen LogP contribution in [0.15, 0.2) is 61.7 Å². The standard InChI is InChI=1S/C27H34N2O6/c1-5-14-29-18-23-24(11-12-25(33-4)27(23)34-16-6-2)28(15-13-26(29)31)17-20(30)19-35-22-9-7-21(32-3)8-10-22/h5-12,20,30H,1-2,13-19H2,3-4H3. The number of nitrogens with zero attached hydrogens (tertiary/aromatic N) is 2. The van der Waals surface area contributed by atoms with E-state index in [1.54, 1.807) is 55.5 Å². The first kappa shape index (κ1) is 26.0. The van der Waals surface area contributed by atoms with Crippen molar-refractivity contribution in [1.82, 2.24) is 4.90 Å². The molecule has 1 amide bonds. The van der Waals surface area contributed by atoms with E-state index in [0.29, 0.717) is 49.9 Å². The van der Waals surface area contributed by atoms with Crippen LogP contribution >= 0.6 is 0 Å². The van der Waals surface area contributed by atoms with E-state index in [9.17, 15) is 9.90 Å². The van der Waals surface area contributed by atoms with Gasteiger partial charge in [0.05, 0.1) is 20.8 Å². The minimum absolute atomic E-state index is 0.00186. The zero-order valence-corrected chi connectivity index (χ0v) is 20.4. The van der Waals surface area contributed by atoms with E-state index >= 15 is 0 Å². The molecular weight excluding hydrogens is 448 g/mol. The molecule has 8 heteroatoms. The highest BCUT2D eigenvalue weighted by Crippen LogP contribution is 2.40. The maximum Gasteiger partial charge on any atom is 0.224 e. The fraction of sp³-hybridized carbons (Fsp3) is 0.370. The lowest BCUT2D eigenvalue weighted by Crippen LogP contribution is -2.42. The Kier molecular flexibility index (Phi) is 9.43. The number of carbonyl (C=O) groups is 1. The first-order valence-electron chi connectivity index (χ1n) is 11.5. The molecule has 1 atom stereocenters. The van der Waals surface area contributed by atoms with Crippen LogP contribution in [0.4, 0.5) is 5.69 Å². The van der Waals surface area contributed by atoms with Crippen LogP contribution in [0.2, 0.25) is 0 Å². The van der Waals surface area contributed by atoms with Crippen molar-refractivity contribution < 1.29 is 28.8 Å². The van der Waals surface area contributed by atoms with E-state index in [0.717, 1.165) is 17.0 Å². The van der Waals surface area contributed by atoms with Gasteiger partial charge in [-0.05, 0) is 36.4 Å². The predicted octanol–water partition coefficient (Wildman–Crippen LogP) is 3.43. The van der Waals surface area contributed by atoms with Crippen molar-refractivity contribution >= 4 is 11.6 Å². The molecule has 2 aromatic rings. The van der Waals surface area contributed by atoms with E-state index in [1.165, 1.54) is 0 Å². The molecule has 1 unspecified atom stereocenters. The number of carbonyl (C=O) groups excluding carboxylic acids is 1. The van der Waals surface area contributed by atoms with Crippen molar-refractivity contribution in [3.63, 3.8) is 0 Å². The summed E-state index contributed by atoms with van der Waals surface area (Å²) in [5.74, 6) is 2.50. The molecule has 8 nitrogen and oxygen atoms in total. The van der Waals surface area contributed by atoms with Crippen LogP contribution in [-0.2, 0) is 11.3 Å². The summed E-state index contributed by atoms with van der Waals surface area (Å²) < 4.78 is 22.4. The van der Waals surface area contributed by atoms with Gasteiger partial charge in [0, 0.05) is 37.3 Å². The predicted molar refractivity (Wildman–Crippen MR) is 136 cm³/mol. The highest BCUT2D eigenvalue weighted by Gasteiger charge is 2.28. The summed E-state index contributed by atoms with van der Waals surface area (Å²) in [5.41, 5.74) is 1.68. The Morgan fingerprint density at radius 3 is 2.40 bits per heavy atom. The lowest BCUT2D eigenvalue weighted by molar-refractivity contribution is -0.131. The summed E-state index contributed by atoms with van der Waals surface area (Å²) in [7, 11) is 3.18. The number of benzene rings is 2. The third-order valence-corrected chi connectivity index (χ3v) is 5.69. The molecule has 35 heavy (non-hydrogen) atoms. The molecule has 0 bridgehead atoms. The first-order valence-corrected chi connectivity index (χ1v) is 11.5. The van der Waals surface area contributed by atoms with Crippen molar-refractivity contribution in [3.8, 4) is 23.0 Å². The van der Waals surface area contributed by atoms with Crippen LogP contribution in [0.1, 0.15) is 12.0 Å². The molecule has 0 fully saturated rings. The molecular formula is C27H34N2O6. The van der Waals surface area contributed by atoms with Gasteiger partial charge in [-0.15, -0.1) is 6.58 Å². The number of aliphatic hydroxyl groups excluding tert-OH is 1. The smallest absolute Gasteiger partial charge is 0.224 e. The van der Waals surface area contributed by atoms with Crippen molar-refractivity contribution in [3.05, 3.63) is 67.3 Å². The van der Waals surface area contributed by atoms with Gasteiger partial charge in [0.15, 0.2) is 11.5 Å². The van der Waals surface area contributed by atoms with Crippen molar-refractivity contribution in [2.75, 3.05) is 52.0 Å². The zero-order valence-electron chi connectivity index (χ0n) is 20.4. The number of amides is 1. The maximum atomic E-state index is 12.9. The third-order valence-electron chi connectivity index (χ3n) is 5.69. The Bertz CT molecular complexity index is 1010. The quantitative estimate of drug-likeness (QED) is 0.464. The fourth-order valence-corrected chi connectivity index (χ4v) is 3.98. The van der Waals surface area contributed by atoms with Gasteiger partial charge in [0.2, 0.25) is 5.91 Å². The second kappa shape index (κ2) is 12.7. The number of ether oxygens (including phenoxy) is 4. The average molecular weight is 483 g/mol. The summed E-state index contributed by atoms with van der Waals surface area (Å²) in [5, 5.41) is 10.8. The number of hydrogen-bond donors (Lipinski definition) is 1. The Hall–Kier alpha value is -3.65. The monoisotopic (exact) mass is 482 g/mol. The van der Waals surface area contributed by atoms with Gasteiger partial charge in [0.25, 0.3) is 0 Å². The van der Waals surface area contributed by atoms with Crippen LogP contribution in [-0.4, -0.2) is 69.1 Å². The van der Waals surface area contributed by atoms with E-state index in [-0.39, 0.29) is 19.1 Å². The summed E-state index contributed by atoms with van der Waals surface area (Å²) in [4.78, 5) is 16.7. The van der Waals surface area contributed by atoms with Gasteiger partial charge in [-0.2, -0.15) is 0 Å². The molecule has 0 saturated heterocycles. The number of methoxy groups -OCH3 is 2. The van der Waals surface area contributed by atoms with Crippen LogP contribution < -0.4 is 23.8 Å². The molecule has 2 aromatic carbocycles. The van der Waals surface area contributed by atoms with E-state index in [2.05, 4.69) is 13.2 Å². The molecule has 0 spiro atoms. The lowest BCUT2D eigenvalue weighted by Gasteiger charge is -2.35. The van der Waals surface area contributed by atoms with Crippen LogP contribution in [0.25, 0.3) is 0 Å². The fourth-order valence-electron chi connectivity index (χ4n) is 3.98. The van der Waals surface area contributed by atoms with Gasteiger partial charge < -0.3 is 33.9 Å². The van der Waals surface area contributed by atoms with E-state index < -0.39 is 6.10 Å². The van der Waals surface area contributed by atoms with Crippen molar-refractivity contribution in [1.29, 1.82) is 0 Å². The highest BCUT2D eigenvalue weighted by molar-refractivity contribution is 5.79. The number of aliphatic hydroxyl groups is 1. The highest BCUT2D eigenvalue weighted by atomic mass is 16.5. The molecule has 0 saturated carbocycles. The SMILES string of the molecule is C=CCOc1c(OC)ccc2c1CN(CC=C)C(=O)CCN2CC(O)COc1ccc(OC)cc1. The molecule has 0 radical (unpaired) electrons. The Morgan fingerprint density at radius 2 is 1.74 bits per heavy atom.